The molecule has 186 valence electrons. The molecule has 3 aromatic rings. The SMILES string of the molecule is CCNC(=O)C1OC(n2cnc3c(NC(=O)Nc4ccc(C(F)(F)F)cc4)ncnc32)C(O)C1O. The lowest BCUT2D eigenvalue weighted by molar-refractivity contribution is -0.138. The maximum Gasteiger partial charge on any atom is 0.416 e. The Hall–Kier alpha value is -3.82. The number of aliphatic hydroxyl groups is 2. The number of fused-ring (bicyclic) bond motifs is 1. The molecule has 1 fully saturated rings. The average Bonchev–Trinajstić information content (AvgIpc) is 3.35. The van der Waals surface area contributed by atoms with Crippen molar-refractivity contribution < 1.29 is 37.7 Å². The van der Waals surface area contributed by atoms with Crippen molar-refractivity contribution in [2.45, 2.75) is 37.6 Å². The summed E-state index contributed by atoms with van der Waals surface area (Å²) in [5.74, 6) is -0.630. The normalized spacial score (nSPS) is 22.2. The van der Waals surface area contributed by atoms with Gasteiger partial charge in [0, 0.05) is 12.2 Å². The molecule has 3 heterocycles. The molecule has 4 unspecified atom stereocenters. The van der Waals surface area contributed by atoms with Gasteiger partial charge in [-0.15, -0.1) is 0 Å². The Bertz CT molecular complexity index is 1230. The second kappa shape index (κ2) is 9.44. The highest BCUT2D eigenvalue weighted by molar-refractivity contribution is 6.02. The van der Waals surface area contributed by atoms with Crippen LogP contribution in [0, 0.1) is 0 Å². The summed E-state index contributed by atoms with van der Waals surface area (Å²) < 4.78 is 44.9. The predicted octanol–water partition coefficient (Wildman–Crippen LogP) is 1.24. The summed E-state index contributed by atoms with van der Waals surface area (Å²) in [5, 5.41) is 28.0. The predicted molar refractivity (Wildman–Crippen MR) is 114 cm³/mol. The highest BCUT2D eigenvalue weighted by atomic mass is 19.4. The number of hydrogen-bond acceptors (Lipinski definition) is 8. The van der Waals surface area contributed by atoms with Crippen molar-refractivity contribution >= 4 is 34.6 Å². The van der Waals surface area contributed by atoms with Crippen molar-refractivity contribution in [1.29, 1.82) is 0 Å². The van der Waals surface area contributed by atoms with E-state index in [4.69, 9.17) is 4.74 Å². The summed E-state index contributed by atoms with van der Waals surface area (Å²) >= 11 is 0. The van der Waals surface area contributed by atoms with Crippen LogP contribution in [-0.4, -0.2) is 66.5 Å². The third kappa shape index (κ3) is 4.87. The van der Waals surface area contributed by atoms with E-state index in [9.17, 15) is 33.0 Å². The van der Waals surface area contributed by atoms with E-state index in [1.165, 1.54) is 10.9 Å². The number of carbonyl (C=O) groups is 2. The van der Waals surface area contributed by atoms with E-state index in [0.717, 1.165) is 30.6 Å². The second-order valence-corrected chi connectivity index (χ2v) is 7.52. The number of likely N-dealkylation sites (N-methyl/N-ethyl adjacent to an activating group) is 1. The van der Waals surface area contributed by atoms with Crippen LogP contribution in [0.2, 0.25) is 0 Å². The van der Waals surface area contributed by atoms with E-state index in [1.807, 2.05) is 0 Å². The van der Waals surface area contributed by atoms with Crippen molar-refractivity contribution in [3.8, 4) is 0 Å². The summed E-state index contributed by atoms with van der Waals surface area (Å²) in [6.07, 6.45) is -7.66. The topological polar surface area (TPSA) is 164 Å². The molecule has 5 N–H and O–H groups in total. The number of ether oxygens (including phenoxy) is 1. The highest BCUT2D eigenvalue weighted by Gasteiger charge is 2.47. The molecule has 3 amide bonds. The molecule has 4 rings (SSSR count). The van der Waals surface area contributed by atoms with Crippen LogP contribution >= 0.6 is 0 Å². The third-order valence-electron chi connectivity index (χ3n) is 5.18. The number of imidazole rings is 1. The highest BCUT2D eigenvalue weighted by Crippen LogP contribution is 2.33. The lowest BCUT2D eigenvalue weighted by atomic mass is 10.1. The fraction of sp³-hybridized carbons (Fsp3) is 0.350. The average molecular weight is 495 g/mol. The number of urea groups is 1. The first-order chi connectivity index (χ1) is 16.6. The van der Waals surface area contributed by atoms with Crippen LogP contribution in [0.5, 0.6) is 0 Å². The van der Waals surface area contributed by atoms with Crippen LogP contribution in [0.4, 0.5) is 29.5 Å². The Labute approximate surface area is 195 Å². The van der Waals surface area contributed by atoms with Crippen molar-refractivity contribution in [3.63, 3.8) is 0 Å². The van der Waals surface area contributed by atoms with Gasteiger partial charge in [0.1, 0.15) is 18.5 Å². The van der Waals surface area contributed by atoms with Gasteiger partial charge in [-0.05, 0) is 31.2 Å². The van der Waals surface area contributed by atoms with Crippen LogP contribution in [0.1, 0.15) is 18.7 Å². The molecule has 4 atom stereocenters. The van der Waals surface area contributed by atoms with E-state index in [2.05, 4.69) is 30.9 Å². The minimum Gasteiger partial charge on any atom is -0.387 e. The van der Waals surface area contributed by atoms with Gasteiger partial charge in [0.15, 0.2) is 29.3 Å². The van der Waals surface area contributed by atoms with Crippen LogP contribution in [0.3, 0.4) is 0 Å². The van der Waals surface area contributed by atoms with Gasteiger partial charge in [-0.2, -0.15) is 13.2 Å². The quantitative estimate of drug-likeness (QED) is 0.353. The van der Waals surface area contributed by atoms with Crippen molar-refractivity contribution in [2.75, 3.05) is 17.2 Å². The van der Waals surface area contributed by atoms with E-state index in [-0.39, 0.29) is 22.7 Å². The fourth-order valence-electron chi connectivity index (χ4n) is 3.52. The molecule has 1 aromatic carbocycles. The van der Waals surface area contributed by atoms with Gasteiger partial charge in [-0.25, -0.2) is 19.7 Å². The molecule has 0 spiro atoms. The van der Waals surface area contributed by atoms with E-state index in [1.54, 1.807) is 6.92 Å². The lowest BCUT2D eigenvalue weighted by Crippen LogP contribution is -2.42. The number of alkyl halides is 3. The Morgan fingerprint density at radius 3 is 2.46 bits per heavy atom. The Morgan fingerprint density at radius 1 is 1.09 bits per heavy atom. The standard InChI is InChI=1S/C20H20F3N7O5/c1-2-24-17(33)14-12(31)13(32)18(35-14)30-8-27-11-15(25-7-26-16(11)30)29-19(34)28-10-5-3-9(4-6-10)20(21,22)23/h3-8,12-14,18,31-32H,2H2,1H3,(H,24,33)(H2,25,26,28,29,34). The molecule has 1 aliphatic rings. The van der Waals surface area contributed by atoms with Crippen molar-refractivity contribution in [3.05, 3.63) is 42.5 Å². The molecule has 2 aromatic heterocycles. The van der Waals surface area contributed by atoms with Gasteiger partial charge in [-0.3, -0.25) is 14.7 Å². The minimum absolute atomic E-state index is 0.0357. The zero-order valence-electron chi connectivity index (χ0n) is 18.0. The number of halogens is 3. The number of carbonyl (C=O) groups excluding carboxylic acids is 2. The molecule has 15 heteroatoms. The van der Waals surface area contributed by atoms with Crippen molar-refractivity contribution in [2.24, 2.45) is 0 Å². The number of nitrogens with zero attached hydrogens (tertiary/aromatic N) is 4. The smallest absolute Gasteiger partial charge is 0.387 e. The molecule has 0 radical (unpaired) electrons. The Morgan fingerprint density at radius 2 is 1.80 bits per heavy atom. The third-order valence-corrected chi connectivity index (χ3v) is 5.18. The molecule has 35 heavy (non-hydrogen) atoms. The zero-order valence-corrected chi connectivity index (χ0v) is 18.0. The maximum absolute atomic E-state index is 12.7. The molecule has 0 saturated carbocycles. The van der Waals surface area contributed by atoms with Crippen molar-refractivity contribution in [1.82, 2.24) is 24.8 Å². The molecule has 0 aliphatic carbocycles. The van der Waals surface area contributed by atoms with Gasteiger partial charge >= 0.3 is 12.2 Å². The monoisotopic (exact) mass is 495 g/mol. The summed E-state index contributed by atoms with van der Waals surface area (Å²) in [6.45, 7) is 1.99. The largest absolute Gasteiger partial charge is 0.416 e. The molecule has 1 aliphatic heterocycles. The van der Waals surface area contributed by atoms with Crippen LogP contribution < -0.4 is 16.0 Å². The summed E-state index contributed by atoms with van der Waals surface area (Å²) in [6, 6.07) is 3.05. The van der Waals surface area contributed by atoms with Gasteiger partial charge < -0.3 is 25.6 Å². The second-order valence-electron chi connectivity index (χ2n) is 7.52. The number of amides is 3. The number of rotatable bonds is 5. The van der Waals surface area contributed by atoms with E-state index in [0.29, 0.717) is 6.54 Å². The molecule has 12 nitrogen and oxygen atoms in total. The lowest BCUT2D eigenvalue weighted by Gasteiger charge is -2.16. The van der Waals surface area contributed by atoms with Crippen LogP contribution in [0.15, 0.2) is 36.9 Å². The molecule has 0 bridgehead atoms. The Kier molecular flexibility index (Phi) is 6.56. The molecule has 1 saturated heterocycles. The number of anilines is 2. The zero-order chi connectivity index (χ0) is 25.3. The first-order valence-electron chi connectivity index (χ1n) is 10.3. The molecular weight excluding hydrogens is 475 g/mol. The summed E-state index contributed by atoms with van der Waals surface area (Å²) in [4.78, 5) is 36.6. The summed E-state index contributed by atoms with van der Waals surface area (Å²) in [5.41, 5.74) is -0.527. The fourth-order valence-corrected chi connectivity index (χ4v) is 3.52. The maximum atomic E-state index is 12.7. The van der Waals surface area contributed by atoms with Crippen LogP contribution in [0.25, 0.3) is 11.2 Å². The van der Waals surface area contributed by atoms with Gasteiger partial charge in [0.25, 0.3) is 5.91 Å². The van der Waals surface area contributed by atoms with Gasteiger partial charge in [0.05, 0.1) is 11.9 Å². The van der Waals surface area contributed by atoms with Gasteiger partial charge in [-0.1, -0.05) is 0 Å². The van der Waals surface area contributed by atoms with E-state index >= 15 is 0 Å². The summed E-state index contributed by atoms with van der Waals surface area (Å²) in [7, 11) is 0. The minimum atomic E-state index is -4.50. The first-order valence-corrected chi connectivity index (χ1v) is 10.3. The first kappa shape index (κ1) is 24.3. The number of nitrogens with one attached hydrogen (secondary N) is 3. The molecular formula is C20H20F3N7O5. The number of benzene rings is 1. The van der Waals surface area contributed by atoms with E-state index < -0.39 is 48.2 Å². The van der Waals surface area contributed by atoms with Gasteiger partial charge in [0.2, 0.25) is 0 Å². The number of aromatic nitrogens is 4. The van der Waals surface area contributed by atoms with Crippen LogP contribution in [-0.2, 0) is 15.7 Å². The number of hydrogen-bond donors (Lipinski definition) is 5. The Balaban J connectivity index is 1.51. The number of aliphatic hydroxyl groups excluding tert-OH is 2.